The lowest BCUT2D eigenvalue weighted by molar-refractivity contribution is -0.385. The van der Waals surface area contributed by atoms with Crippen LogP contribution in [-0.4, -0.2) is 47.3 Å². The van der Waals surface area contributed by atoms with E-state index in [1.807, 2.05) is 7.05 Å². The fraction of sp³-hybridized carbons (Fsp3) is 0.333. The van der Waals surface area contributed by atoms with Crippen LogP contribution in [-0.2, 0) is 17.7 Å². The van der Waals surface area contributed by atoms with Crippen molar-refractivity contribution in [3.8, 4) is 5.75 Å². The van der Waals surface area contributed by atoms with Crippen molar-refractivity contribution in [1.82, 2.24) is 4.90 Å². The Kier molecular flexibility index (Phi) is 6.11. The topological polar surface area (TPSA) is 105 Å². The lowest BCUT2D eigenvalue weighted by Crippen LogP contribution is -2.26. The van der Waals surface area contributed by atoms with Gasteiger partial charge >= 0.3 is 11.7 Å². The highest BCUT2D eigenvalue weighted by molar-refractivity contribution is 9.10. The third-order valence-corrected chi connectivity index (χ3v) is 5.89. The molecule has 10 heteroatoms. The summed E-state index contributed by atoms with van der Waals surface area (Å²) < 4.78 is 5.64. The highest BCUT2D eigenvalue weighted by atomic mass is 79.9. The van der Waals surface area contributed by atoms with Gasteiger partial charge in [0.25, 0.3) is 0 Å². The molecule has 0 saturated carbocycles. The van der Waals surface area contributed by atoms with E-state index in [4.69, 9.17) is 4.74 Å². The second-order valence-electron chi connectivity index (χ2n) is 6.27. The maximum Gasteiger partial charge on any atom is 0.341 e. The zero-order valence-corrected chi connectivity index (χ0v) is 17.7. The molecule has 1 aliphatic heterocycles. The second kappa shape index (κ2) is 8.38. The highest BCUT2D eigenvalue weighted by Crippen LogP contribution is 2.40. The number of aromatic hydroxyl groups is 1. The van der Waals surface area contributed by atoms with Gasteiger partial charge in [0, 0.05) is 40.3 Å². The number of nitro benzene ring substituents is 1. The molecule has 28 heavy (non-hydrogen) atoms. The Morgan fingerprint density at radius 3 is 2.96 bits per heavy atom. The van der Waals surface area contributed by atoms with Gasteiger partial charge in [0.15, 0.2) is 0 Å². The van der Waals surface area contributed by atoms with E-state index in [0.717, 1.165) is 30.0 Å². The number of esters is 1. The molecule has 2 heterocycles. The minimum absolute atomic E-state index is 0.180. The number of carbonyl (C=O) groups excluding carboxylic acids is 1. The van der Waals surface area contributed by atoms with Crippen LogP contribution in [0.25, 0.3) is 0 Å². The lowest BCUT2D eigenvalue weighted by Gasteiger charge is -2.22. The van der Waals surface area contributed by atoms with Crippen LogP contribution < -0.4 is 0 Å². The number of thiophene rings is 1. The van der Waals surface area contributed by atoms with Gasteiger partial charge in [0.05, 0.1) is 17.1 Å². The maximum absolute atomic E-state index is 12.5. The smallest absolute Gasteiger partial charge is 0.341 e. The monoisotopic (exact) mass is 467 g/mol. The number of phenolic OH excluding ortho intramolecular Hbond substituents is 1. The number of halogens is 1. The normalized spacial score (nSPS) is 14.2. The summed E-state index contributed by atoms with van der Waals surface area (Å²) in [5, 5.41) is 21.7. The van der Waals surface area contributed by atoms with Crippen molar-refractivity contribution in [1.29, 1.82) is 0 Å². The van der Waals surface area contributed by atoms with Gasteiger partial charge in [-0.1, -0.05) is 15.9 Å². The third kappa shape index (κ3) is 4.08. The first-order valence-electron chi connectivity index (χ1n) is 8.53. The summed E-state index contributed by atoms with van der Waals surface area (Å²) in [6, 6.07) is 2.74. The van der Waals surface area contributed by atoms with Crippen LogP contribution in [0.5, 0.6) is 5.75 Å². The Bertz CT molecular complexity index is 973. The molecule has 0 bridgehead atoms. The van der Waals surface area contributed by atoms with Crippen molar-refractivity contribution in [2.45, 2.75) is 19.9 Å². The average molecular weight is 468 g/mol. The van der Waals surface area contributed by atoms with E-state index in [2.05, 4.69) is 25.8 Å². The fourth-order valence-corrected chi connectivity index (χ4v) is 4.72. The Morgan fingerprint density at radius 1 is 1.54 bits per heavy atom. The Morgan fingerprint density at radius 2 is 2.29 bits per heavy atom. The quantitative estimate of drug-likeness (QED) is 0.307. The number of aliphatic imine (C=N–C) groups is 1. The van der Waals surface area contributed by atoms with Crippen LogP contribution in [0, 0.1) is 10.1 Å². The minimum Gasteiger partial charge on any atom is -0.502 e. The van der Waals surface area contributed by atoms with Gasteiger partial charge in [-0.25, -0.2) is 9.79 Å². The molecular formula is C18H18BrN3O5S. The summed E-state index contributed by atoms with van der Waals surface area (Å²) in [5.41, 5.74) is 1.14. The number of hydrogen-bond donors (Lipinski definition) is 1. The standard InChI is InChI=1S/C18H18BrN3O5S/c1-3-27-18(24)15-12-4-5-21(2)9-14(12)28-17(15)20-8-10-6-11(19)7-13(16(10)23)22(25)26/h6-8,23H,3-5,9H2,1-2H3. The number of phenols is 1. The zero-order valence-electron chi connectivity index (χ0n) is 15.3. The van der Waals surface area contributed by atoms with E-state index in [1.54, 1.807) is 6.92 Å². The molecule has 0 fully saturated rings. The predicted molar refractivity (Wildman–Crippen MR) is 110 cm³/mol. The summed E-state index contributed by atoms with van der Waals surface area (Å²) in [4.78, 5) is 30.5. The summed E-state index contributed by atoms with van der Waals surface area (Å²) in [5.74, 6) is -0.906. The molecule has 148 valence electrons. The van der Waals surface area contributed by atoms with Gasteiger partial charge in [-0.15, -0.1) is 11.3 Å². The van der Waals surface area contributed by atoms with E-state index < -0.39 is 22.3 Å². The first-order valence-corrected chi connectivity index (χ1v) is 10.1. The van der Waals surface area contributed by atoms with Crippen LogP contribution >= 0.6 is 27.3 Å². The molecule has 8 nitrogen and oxygen atoms in total. The van der Waals surface area contributed by atoms with Crippen molar-refractivity contribution < 1.29 is 19.6 Å². The van der Waals surface area contributed by atoms with Crippen molar-refractivity contribution >= 4 is 50.1 Å². The number of nitrogens with zero attached hydrogens (tertiary/aromatic N) is 3. The molecule has 1 aromatic carbocycles. The van der Waals surface area contributed by atoms with Crippen molar-refractivity contribution in [2.75, 3.05) is 20.2 Å². The van der Waals surface area contributed by atoms with Gasteiger partial charge in [-0.2, -0.15) is 0 Å². The molecule has 0 atom stereocenters. The molecule has 0 unspecified atom stereocenters. The summed E-state index contributed by atoms with van der Waals surface area (Å²) in [7, 11) is 2.01. The molecular weight excluding hydrogens is 450 g/mol. The molecule has 3 rings (SSSR count). The molecule has 0 amide bonds. The molecule has 1 aliphatic rings. The van der Waals surface area contributed by atoms with Gasteiger partial charge in [-0.3, -0.25) is 10.1 Å². The number of ether oxygens (including phenoxy) is 1. The minimum atomic E-state index is -0.666. The molecule has 0 radical (unpaired) electrons. The SMILES string of the molecule is CCOC(=O)c1c(N=Cc2cc(Br)cc([N+](=O)[O-])c2O)sc2c1CCN(C)C2. The first-order chi connectivity index (χ1) is 13.3. The van der Waals surface area contributed by atoms with Crippen LogP contribution in [0.3, 0.4) is 0 Å². The van der Waals surface area contributed by atoms with Crippen LogP contribution in [0.4, 0.5) is 10.7 Å². The van der Waals surface area contributed by atoms with E-state index in [-0.39, 0.29) is 12.2 Å². The number of carbonyl (C=O) groups is 1. The van der Waals surface area contributed by atoms with E-state index in [1.165, 1.54) is 29.7 Å². The number of benzene rings is 1. The van der Waals surface area contributed by atoms with Crippen molar-refractivity contribution in [3.63, 3.8) is 0 Å². The number of nitro groups is 1. The van der Waals surface area contributed by atoms with E-state index in [9.17, 15) is 20.0 Å². The lowest BCUT2D eigenvalue weighted by atomic mass is 10.0. The fourth-order valence-electron chi connectivity index (χ4n) is 2.99. The number of hydrogen-bond acceptors (Lipinski definition) is 8. The van der Waals surface area contributed by atoms with E-state index >= 15 is 0 Å². The molecule has 2 aromatic rings. The van der Waals surface area contributed by atoms with Crippen molar-refractivity contribution in [3.05, 3.63) is 48.3 Å². The largest absolute Gasteiger partial charge is 0.502 e. The van der Waals surface area contributed by atoms with E-state index in [0.29, 0.717) is 15.0 Å². The Labute approximate surface area is 173 Å². The van der Waals surface area contributed by atoms with Crippen LogP contribution in [0.15, 0.2) is 21.6 Å². The van der Waals surface area contributed by atoms with Crippen LogP contribution in [0.1, 0.15) is 33.3 Å². The molecule has 1 aromatic heterocycles. The Balaban J connectivity index is 2.05. The summed E-state index contributed by atoms with van der Waals surface area (Å²) in [6.07, 6.45) is 2.05. The summed E-state index contributed by atoms with van der Waals surface area (Å²) in [6.45, 7) is 3.55. The number of likely N-dealkylation sites (N-methyl/N-ethyl adjacent to an activating group) is 1. The molecule has 0 aliphatic carbocycles. The summed E-state index contributed by atoms with van der Waals surface area (Å²) >= 11 is 4.59. The second-order valence-corrected chi connectivity index (χ2v) is 8.27. The molecule has 1 N–H and O–H groups in total. The van der Waals surface area contributed by atoms with Gasteiger partial charge in [0.1, 0.15) is 5.00 Å². The average Bonchev–Trinajstić information content (AvgIpc) is 2.99. The maximum atomic E-state index is 12.5. The number of rotatable bonds is 5. The highest BCUT2D eigenvalue weighted by Gasteiger charge is 2.27. The van der Waals surface area contributed by atoms with Crippen LogP contribution in [0.2, 0.25) is 0 Å². The van der Waals surface area contributed by atoms with Gasteiger partial charge < -0.3 is 14.7 Å². The molecule has 0 spiro atoms. The Hall–Kier alpha value is -2.30. The predicted octanol–water partition coefficient (Wildman–Crippen LogP) is 4.04. The number of fused-ring (bicyclic) bond motifs is 1. The van der Waals surface area contributed by atoms with Gasteiger partial charge in [-0.05, 0) is 32.0 Å². The molecule has 0 saturated heterocycles. The van der Waals surface area contributed by atoms with Gasteiger partial charge in [0.2, 0.25) is 5.75 Å². The zero-order chi connectivity index (χ0) is 20.4. The first kappa shape index (κ1) is 20.4. The van der Waals surface area contributed by atoms with Crippen molar-refractivity contribution in [2.24, 2.45) is 4.99 Å². The third-order valence-electron chi connectivity index (χ3n) is 4.31.